The monoisotopic (exact) mass is 336 g/mol. The van der Waals surface area contributed by atoms with E-state index in [1.165, 1.54) is 0 Å². The van der Waals surface area contributed by atoms with Crippen molar-refractivity contribution in [3.63, 3.8) is 0 Å². The van der Waals surface area contributed by atoms with E-state index in [1.54, 1.807) is 13.3 Å². The molecule has 3 aliphatic heterocycles. The molecule has 0 aliphatic carbocycles. The number of aromatic nitrogens is 1. The van der Waals surface area contributed by atoms with E-state index in [-0.39, 0.29) is 6.04 Å². The van der Waals surface area contributed by atoms with Crippen molar-refractivity contribution < 1.29 is 9.84 Å². The Balaban J connectivity index is 1.72. The van der Waals surface area contributed by atoms with Gasteiger partial charge in [-0.05, 0) is 54.5 Å². The molecule has 1 N–H and O–H groups in total. The molecular formula is C21H24N2O2. The lowest BCUT2D eigenvalue weighted by molar-refractivity contribution is -0.0170. The van der Waals surface area contributed by atoms with Crippen LogP contribution in [0.5, 0.6) is 5.75 Å². The van der Waals surface area contributed by atoms with Crippen molar-refractivity contribution >= 4 is 10.9 Å². The molecular weight excluding hydrogens is 312 g/mol. The second-order valence-electron chi connectivity index (χ2n) is 7.11. The summed E-state index contributed by atoms with van der Waals surface area (Å²) in [5, 5.41) is 12.2. The second-order valence-corrected chi connectivity index (χ2v) is 7.11. The Bertz CT molecular complexity index is 832. The first-order chi connectivity index (χ1) is 12.1. The third-order valence-corrected chi connectivity index (χ3v) is 5.83. The molecule has 0 saturated carbocycles. The quantitative estimate of drug-likeness (QED) is 0.865. The predicted molar refractivity (Wildman–Crippen MR) is 99.3 cm³/mol. The summed E-state index contributed by atoms with van der Waals surface area (Å²) in [6.07, 6.45) is 5.21. The third kappa shape index (κ3) is 2.61. The van der Waals surface area contributed by atoms with Crippen LogP contribution < -0.4 is 4.74 Å². The van der Waals surface area contributed by atoms with Gasteiger partial charge in [0.05, 0.1) is 24.8 Å². The average Bonchev–Trinajstić information content (AvgIpc) is 2.66. The number of rotatable bonds is 4. The Morgan fingerprint density at radius 3 is 2.96 bits per heavy atom. The highest BCUT2D eigenvalue weighted by Gasteiger charge is 2.43. The van der Waals surface area contributed by atoms with Crippen LogP contribution in [0.25, 0.3) is 10.9 Å². The predicted octanol–water partition coefficient (Wildman–Crippen LogP) is 3.69. The number of benzene rings is 1. The van der Waals surface area contributed by atoms with Gasteiger partial charge in [-0.1, -0.05) is 12.7 Å². The fourth-order valence-electron chi connectivity index (χ4n) is 4.45. The molecule has 0 amide bonds. The summed E-state index contributed by atoms with van der Waals surface area (Å²) >= 11 is 0. The van der Waals surface area contributed by atoms with Gasteiger partial charge in [0, 0.05) is 23.8 Å². The number of hydrogen-bond acceptors (Lipinski definition) is 4. The molecule has 4 heteroatoms. The number of aliphatic hydroxyl groups is 1. The van der Waals surface area contributed by atoms with Gasteiger partial charge in [-0.2, -0.15) is 0 Å². The normalized spacial score (nSPS) is 26.7. The van der Waals surface area contributed by atoms with Crippen molar-refractivity contribution in [2.45, 2.75) is 25.0 Å². The van der Waals surface area contributed by atoms with Gasteiger partial charge in [-0.3, -0.25) is 4.98 Å². The second kappa shape index (κ2) is 6.19. The SMILES string of the molecule is C=C[C@H]1CN2C(=C)C[C@H]1C[C@H]2[C@H](O)c1ccnc2ccc(OC)cc12. The Hall–Kier alpha value is -2.33. The fourth-order valence-corrected chi connectivity index (χ4v) is 4.45. The maximum Gasteiger partial charge on any atom is 0.119 e. The molecule has 2 aromatic rings. The minimum absolute atomic E-state index is 0.0549. The van der Waals surface area contributed by atoms with Crippen LogP contribution >= 0.6 is 0 Å². The minimum Gasteiger partial charge on any atom is -0.497 e. The van der Waals surface area contributed by atoms with Gasteiger partial charge in [-0.15, -0.1) is 6.58 Å². The number of piperidine rings is 3. The molecule has 130 valence electrons. The van der Waals surface area contributed by atoms with Crippen LogP contribution in [0, 0.1) is 11.8 Å². The first-order valence-corrected chi connectivity index (χ1v) is 8.80. The van der Waals surface area contributed by atoms with Crippen molar-refractivity contribution in [2.75, 3.05) is 13.7 Å². The van der Waals surface area contributed by atoms with E-state index in [4.69, 9.17) is 4.74 Å². The zero-order chi connectivity index (χ0) is 17.6. The summed E-state index contributed by atoms with van der Waals surface area (Å²) < 4.78 is 5.35. The van der Waals surface area contributed by atoms with Gasteiger partial charge < -0.3 is 14.7 Å². The molecule has 1 aromatic carbocycles. The van der Waals surface area contributed by atoms with Gasteiger partial charge in [0.1, 0.15) is 5.75 Å². The standard InChI is InChI=1S/C21H24N2O2/c1-4-14-12-23-13(2)9-15(14)10-20(23)21(24)17-7-8-22-19-6-5-16(25-3)11-18(17)19/h4-8,11,14-15,20-21,24H,1-2,9-10,12H2,3H3/t14-,15-,20-,21+/m0/s1. The molecule has 3 aliphatic rings. The van der Waals surface area contributed by atoms with Crippen LogP contribution in [0.2, 0.25) is 0 Å². The lowest BCUT2D eigenvalue weighted by Gasteiger charge is -2.53. The molecule has 2 bridgehead atoms. The Morgan fingerprint density at radius 2 is 2.24 bits per heavy atom. The number of aliphatic hydroxyl groups excluding tert-OH is 1. The number of nitrogens with zero attached hydrogens (tertiary/aromatic N) is 2. The maximum absolute atomic E-state index is 11.2. The van der Waals surface area contributed by atoms with Crippen molar-refractivity contribution in [3.05, 3.63) is 61.0 Å². The van der Waals surface area contributed by atoms with Crippen molar-refractivity contribution in [2.24, 2.45) is 11.8 Å². The van der Waals surface area contributed by atoms with E-state index in [0.717, 1.165) is 47.3 Å². The van der Waals surface area contributed by atoms with Crippen molar-refractivity contribution in [1.29, 1.82) is 0 Å². The number of pyridine rings is 1. The van der Waals surface area contributed by atoms with Crippen LogP contribution in [0.3, 0.4) is 0 Å². The van der Waals surface area contributed by atoms with E-state index in [1.807, 2.05) is 24.3 Å². The molecule has 0 radical (unpaired) electrons. The molecule has 4 atom stereocenters. The zero-order valence-electron chi connectivity index (χ0n) is 14.6. The van der Waals surface area contributed by atoms with Gasteiger partial charge in [0.25, 0.3) is 0 Å². The first-order valence-electron chi connectivity index (χ1n) is 8.80. The van der Waals surface area contributed by atoms with Gasteiger partial charge >= 0.3 is 0 Å². The highest BCUT2D eigenvalue weighted by molar-refractivity contribution is 5.84. The summed E-state index contributed by atoms with van der Waals surface area (Å²) in [5.41, 5.74) is 2.91. The van der Waals surface area contributed by atoms with Gasteiger partial charge in [0.15, 0.2) is 0 Å². The smallest absolute Gasteiger partial charge is 0.119 e. The molecule has 25 heavy (non-hydrogen) atoms. The van der Waals surface area contributed by atoms with Gasteiger partial charge in [-0.25, -0.2) is 0 Å². The summed E-state index contributed by atoms with van der Waals surface area (Å²) in [6.45, 7) is 9.11. The summed E-state index contributed by atoms with van der Waals surface area (Å²) in [6, 6.07) is 7.76. The Kier molecular flexibility index (Phi) is 4.00. The molecule has 1 aromatic heterocycles. The number of fused-ring (bicyclic) bond motifs is 4. The average molecular weight is 336 g/mol. The maximum atomic E-state index is 11.2. The lowest BCUT2D eigenvalue weighted by Crippen LogP contribution is -2.53. The number of allylic oxidation sites excluding steroid dienone is 1. The Labute approximate surface area is 148 Å². The minimum atomic E-state index is -0.581. The van der Waals surface area contributed by atoms with E-state index in [9.17, 15) is 5.11 Å². The zero-order valence-corrected chi connectivity index (χ0v) is 14.6. The van der Waals surface area contributed by atoms with Gasteiger partial charge in [0.2, 0.25) is 0 Å². The van der Waals surface area contributed by atoms with E-state index in [2.05, 4.69) is 29.1 Å². The van der Waals surface area contributed by atoms with Crippen LogP contribution in [-0.4, -0.2) is 34.7 Å². The van der Waals surface area contributed by atoms with Crippen molar-refractivity contribution in [3.8, 4) is 5.75 Å². The number of hydrogen-bond donors (Lipinski definition) is 1. The van der Waals surface area contributed by atoms with E-state index >= 15 is 0 Å². The molecule has 0 spiro atoms. The Morgan fingerprint density at radius 1 is 1.40 bits per heavy atom. The van der Waals surface area contributed by atoms with Crippen LogP contribution in [0.15, 0.2) is 55.4 Å². The summed E-state index contributed by atoms with van der Waals surface area (Å²) in [7, 11) is 1.65. The third-order valence-electron chi connectivity index (χ3n) is 5.83. The lowest BCUT2D eigenvalue weighted by atomic mass is 9.72. The number of methoxy groups -OCH3 is 1. The highest BCUT2D eigenvalue weighted by atomic mass is 16.5. The topological polar surface area (TPSA) is 45.6 Å². The number of ether oxygens (including phenoxy) is 1. The largest absolute Gasteiger partial charge is 0.497 e. The fraction of sp³-hybridized carbons (Fsp3) is 0.381. The van der Waals surface area contributed by atoms with E-state index < -0.39 is 6.10 Å². The molecule has 3 saturated heterocycles. The molecule has 3 fully saturated rings. The van der Waals surface area contributed by atoms with E-state index in [0.29, 0.717) is 11.8 Å². The summed E-state index contributed by atoms with van der Waals surface area (Å²) in [4.78, 5) is 6.70. The molecule has 5 rings (SSSR count). The highest BCUT2D eigenvalue weighted by Crippen LogP contribution is 2.45. The van der Waals surface area contributed by atoms with Crippen LogP contribution in [-0.2, 0) is 0 Å². The molecule has 4 heterocycles. The molecule has 4 nitrogen and oxygen atoms in total. The van der Waals surface area contributed by atoms with Crippen molar-refractivity contribution in [1.82, 2.24) is 9.88 Å². The first kappa shape index (κ1) is 16.2. The summed E-state index contributed by atoms with van der Waals surface area (Å²) in [5.74, 6) is 1.79. The van der Waals surface area contributed by atoms with Crippen LogP contribution in [0.4, 0.5) is 0 Å². The van der Waals surface area contributed by atoms with Crippen LogP contribution in [0.1, 0.15) is 24.5 Å². The molecule has 0 unspecified atom stereocenters.